The van der Waals surface area contributed by atoms with Crippen molar-refractivity contribution in [1.82, 2.24) is 29.4 Å². The molecule has 13 heteroatoms. The molecular formula is C25H29ClN6O4S2. The highest BCUT2D eigenvalue weighted by Gasteiger charge is 2.39. The monoisotopic (exact) mass is 576 g/mol. The number of rotatable bonds is 6. The summed E-state index contributed by atoms with van der Waals surface area (Å²) in [5, 5.41) is 4.67. The van der Waals surface area contributed by atoms with Crippen LogP contribution in [0.1, 0.15) is 33.2 Å². The first-order valence-electron chi connectivity index (χ1n) is 12.7. The van der Waals surface area contributed by atoms with Gasteiger partial charge < -0.3 is 20.1 Å². The Morgan fingerprint density at radius 3 is 2.82 bits per heavy atom. The number of H-pyrrole nitrogens is 1. The molecule has 1 atom stereocenters. The van der Waals surface area contributed by atoms with Crippen molar-refractivity contribution in [2.45, 2.75) is 36.9 Å². The molecule has 1 saturated carbocycles. The third-order valence-corrected chi connectivity index (χ3v) is 10.5. The molecule has 3 aliphatic rings. The van der Waals surface area contributed by atoms with Crippen LogP contribution in [0.25, 0.3) is 10.9 Å². The van der Waals surface area contributed by atoms with Crippen LogP contribution in [-0.4, -0.2) is 90.1 Å². The molecule has 2 N–H and O–H groups in total. The van der Waals surface area contributed by atoms with Gasteiger partial charge in [-0.25, -0.2) is 13.4 Å². The number of carbonyl (C=O) groups excluding carboxylic acids is 2. The number of hydrogen-bond donors (Lipinski definition) is 2. The minimum absolute atomic E-state index is 0.0171. The molecule has 2 fully saturated rings. The second-order valence-corrected chi connectivity index (χ2v) is 13.7. The lowest BCUT2D eigenvalue weighted by Crippen LogP contribution is -2.59. The number of amides is 2. The van der Waals surface area contributed by atoms with E-state index in [0.29, 0.717) is 20.9 Å². The van der Waals surface area contributed by atoms with Gasteiger partial charge in [-0.1, -0.05) is 11.6 Å². The van der Waals surface area contributed by atoms with Crippen LogP contribution in [0.3, 0.4) is 0 Å². The van der Waals surface area contributed by atoms with Gasteiger partial charge in [0, 0.05) is 72.4 Å². The summed E-state index contributed by atoms with van der Waals surface area (Å²) < 4.78 is 28.6. The molecule has 4 heterocycles. The number of nitrogens with zero attached hydrogens (tertiary/aromatic N) is 4. The molecule has 202 valence electrons. The summed E-state index contributed by atoms with van der Waals surface area (Å²) in [6.45, 7) is 2.27. The maximum atomic E-state index is 13.6. The molecule has 0 bridgehead atoms. The van der Waals surface area contributed by atoms with Crippen molar-refractivity contribution >= 4 is 55.7 Å². The molecular weight excluding hydrogens is 548 g/mol. The van der Waals surface area contributed by atoms with Gasteiger partial charge in [0.05, 0.1) is 11.7 Å². The molecule has 1 unspecified atom stereocenters. The van der Waals surface area contributed by atoms with Gasteiger partial charge in [0.25, 0.3) is 15.9 Å². The Bertz CT molecular complexity index is 1520. The fraction of sp³-hybridized carbons (Fsp3) is 0.480. The van der Waals surface area contributed by atoms with E-state index in [-0.39, 0.29) is 48.9 Å². The molecule has 10 nitrogen and oxygen atoms in total. The topological polar surface area (TPSA) is 119 Å². The molecule has 1 aliphatic carbocycles. The minimum atomic E-state index is -3.87. The van der Waals surface area contributed by atoms with E-state index in [1.165, 1.54) is 15.6 Å². The van der Waals surface area contributed by atoms with E-state index < -0.39 is 16.1 Å². The molecule has 1 saturated heterocycles. The molecule has 0 spiro atoms. The van der Waals surface area contributed by atoms with E-state index in [9.17, 15) is 18.0 Å². The maximum Gasteiger partial charge on any atom is 0.283 e. The second kappa shape index (κ2) is 9.91. The predicted molar refractivity (Wildman–Crippen MR) is 145 cm³/mol. The number of aromatic nitrogens is 2. The van der Waals surface area contributed by atoms with Gasteiger partial charge in [-0.2, -0.15) is 4.31 Å². The van der Waals surface area contributed by atoms with Crippen molar-refractivity contribution in [3.8, 4) is 0 Å². The van der Waals surface area contributed by atoms with Crippen LogP contribution in [0.2, 0.25) is 5.02 Å². The molecule has 2 aromatic heterocycles. The Labute approximate surface area is 230 Å². The van der Waals surface area contributed by atoms with Crippen molar-refractivity contribution in [2.24, 2.45) is 5.92 Å². The highest BCUT2D eigenvalue weighted by Crippen LogP contribution is 2.30. The summed E-state index contributed by atoms with van der Waals surface area (Å²) in [4.78, 5) is 38.7. The maximum absolute atomic E-state index is 13.6. The average Bonchev–Trinajstić information content (AvgIpc) is 3.53. The van der Waals surface area contributed by atoms with Crippen molar-refractivity contribution in [1.29, 1.82) is 0 Å². The van der Waals surface area contributed by atoms with Crippen LogP contribution in [0.4, 0.5) is 0 Å². The normalized spacial score (nSPS) is 21.0. The fourth-order valence-electron chi connectivity index (χ4n) is 5.09. The number of fused-ring (bicyclic) bond motifs is 2. The van der Waals surface area contributed by atoms with Gasteiger partial charge in [-0.05, 0) is 44.2 Å². The van der Waals surface area contributed by atoms with E-state index in [2.05, 4.69) is 20.2 Å². The lowest BCUT2D eigenvalue weighted by Gasteiger charge is -2.40. The van der Waals surface area contributed by atoms with Crippen LogP contribution >= 0.6 is 22.9 Å². The van der Waals surface area contributed by atoms with Crippen LogP contribution < -0.4 is 5.32 Å². The Hall–Kier alpha value is -2.51. The summed E-state index contributed by atoms with van der Waals surface area (Å²) in [6, 6.07) is 6.22. The van der Waals surface area contributed by atoms with E-state index in [0.717, 1.165) is 42.9 Å². The zero-order chi connectivity index (χ0) is 26.6. The number of likely N-dealkylation sites (N-methyl/N-ethyl adjacent to an activating group) is 1. The van der Waals surface area contributed by atoms with Crippen molar-refractivity contribution < 1.29 is 18.0 Å². The summed E-state index contributed by atoms with van der Waals surface area (Å²) >= 11 is 7.49. The zero-order valence-electron chi connectivity index (χ0n) is 20.9. The highest BCUT2D eigenvalue weighted by atomic mass is 35.5. The van der Waals surface area contributed by atoms with Crippen LogP contribution in [-0.2, 0) is 27.8 Å². The first-order chi connectivity index (χ1) is 18.2. The summed E-state index contributed by atoms with van der Waals surface area (Å²) in [6.07, 6.45) is 2.53. The Balaban J connectivity index is 1.24. The number of halogens is 1. The lowest BCUT2D eigenvalue weighted by molar-refractivity contribution is -0.122. The van der Waals surface area contributed by atoms with Crippen LogP contribution in [0.15, 0.2) is 29.3 Å². The predicted octanol–water partition coefficient (Wildman–Crippen LogP) is 2.31. The SMILES string of the molecule is CN1CCc2nc(C(=O)N3CCN(S(=O)(=O)c4cc5cc(Cl)ccc5[nH]4)CC3CNC(=O)C3CC3)sc2C1. The number of piperazine rings is 1. The van der Waals surface area contributed by atoms with Gasteiger partial charge >= 0.3 is 0 Å². The standard InChI is InChI=1S/C25H29ClN6O4S2/c1-30-7-6-20-21(14-30)37-24(29-20)25(34)32-9-8-31(13-18(32)12-27-23(33)15-2-3-15)38(35,36)22-11-16-10-17(26)4-5-19(16)28-22/h4-5,10-11,15,18,28H,2-3,6-9,12-14H2,1H3,(H,27,33). The number of carbonyl (C=O) groups is 2. The van der Waals surface area contributed by atoms with E-state index in [1.807, 2.05) is 7.05 Å². The summed E-state index contributed by atoms with van der Waals surface area (Å²) in [5.74, 6) is -0.240. The number of sulfonamides is 1. The van der Waals surface area contributed by atoms with Crippen molar-refractivity contribution in [2.75, 3.05) is 39.8 Å². The van der Waals surface area contributed by atoms with Crippen molar-refractivity contribution in [3.63, 3.8) is 0 Å². The Morgan fingerprint density at radius 1 is 1.21 bits per heavy atom. The Morgan fingerprint density at radius 2 is 2.03 bits per heavy atom. The molecule has 2 amide bonds. The van der Waals surface area contributed by atoms with Crippen molar-refractivity contribution in [3.05, 3.63) is 44.9 Å². The third-order valence-electron chi connectivity index (χ3n) is 7.45. The van der Waals surface area contributed by atoms with Crippen LogP contribution in [0, 0.1) is 5.92 Å². The van der Waals surface area contributed by atoms with Gasteiger partial charge in [0.15, 0.2) is 5.01 Å². The first-order valence-corrected chi connectivity index (χ1v) is 15.4. The molecule has 3 aromatic rings. The van der Waals surface area contributed by atoms with E-state index in [1.54, 1.807) is 29.2 Å². The molecule has 0 radical (unpaired) electrons. The number of nitrogens with one attached hydrogen (secondary N) is 2. The number of thiazole rings is 1. The van der Waals surface area contributed by atoms with Crippen LogP contribution in [0.5, 0.6) is 0 Å². The zero-order valence-corrected chi connectivity index (χ0v) is 23.3. The number of hydrogen-bond acceptors (Lipinski definition) is 7. The van der Waals surface area contributed by atoms with E-state index in [4.69, 9.17) is 11.6 Å². The minimum Gasteiger partial charge on any atom is -0.354 e. The fourth-order valence-corrected chi connectivity index (χ4v) is 7.90. The molecule has 6 rings (SSSR count). The summed E-state index contributed by atoms with van der Waals surface area (Å²) in [5.41, 5.74) is 1.64. The first kappa shape index (κ1) is 25.8. The quantitative estimate of drug-likeness (QED) is 0.465. The third kappa shape index (κ3) is 4.95. The molecule has 1 aromatic carbocycles. The second-order valence-electron chi connectivity index (χ2n) is 10.3. The molecule has 2 aliphatic heterocycles. The number of aromatic amines is 1. The lowest BCUT2D eigenvalue weighted by atomic mass is 10.1. The smallest absolute Gasteiger partial charge is 0.283 e. The largest absolute Gasteiger partial charge is 0.354 e. The van der Waals surface area contributed by atoms with Gasteiger partial charge in [0.1, 0.15) is 5.03 Å². The molecule has 38 heavy (non-hydrogen) atoms. The average molecular weight is 577 g/mol. The highest BCUT2D eigenvalue weighted by molar-refractivity contribution is 7.89. The van der Waals surface area contributed by atoms with Gasteiger partial charge in [-0.15, -0.1) is 11.3 Å². The Kier molecular flexibility index (Phi) is 6.71. The number of benzene rings is 1. The van der Waals surface area contributed by atoms with Gasteiger partial charge in [0.2, 0.25) is 5.91 Å². The summed E-state index contributed by atoms with van der Waals surface area (Å²) in [7, 11) is -1.82. The van der Waals surface area contributed by atoms with E-state index >= 15 is 0 Å². The van der Waals surface area contributed by atoms with Gasteiger partial charge in [-0.3, -0.25) is 9.59 Å².